The van der Waals surface area contributed by atoms with Crippen LogP contribution in [0.5, 0.6) is 0 Å². The molecule has 44 valence electrons. The third kappa shape index (κ3) is 2.80. The monoisotopic (exact) mass is 233 g/mol. The molecule has 0 amide bonds. The molecule has 1 fully saturated rings. The van der Waals surface area contributed by atoms with E-state index >= 15 is 0 Å². The zero-order valence-corrected chi connectivity index (χ0v) is 7.09. The summed E-state index contributed by atoms with van der Waals surface area (Å²) in [6.45, 7) is 0. The van der Waals surface area contributed by atoms with E-state index in [0.29, 0.717) is 0 Å². The minimum absolute atomic E-state index is 0. The quantitative estimate of drug-likeness (QED) is 0.336. The van der Waals surface area contributed by atoms with Crippen molar-refractivity contribution < 1.29 is 28.1 Å². The summed E-state index contributed by atoms with van der Waals surface area (Å²) in [7, 11) is -0.245. The third-order valence-corrected chi connectivity index (χ3v) is 2.59. The van der Waals surface area contributed by atoms with Crippen LogP contribution in [0.15, 0.2) is 0 Å². The molecule has 0 aromatic heterocycles. The number of hydrogen-bond acceptors (Lipinski definition) is 0. The van der Waals surface area contributed by atoms with Gasteiger partial charge in [0, 0.05) is 0 Å². The Morgan fingerprint density at radius 1 is 1.43 bits per heavy atom. The summed E-state index contributed by atoms with van der Waals surface area (Å²) in [5.41, 5.74) is 0. The molecule has 1 aliphatic heterocycles. The van der Waals surface area contributed by atoms with Crippen molar-refractivity contribution in [1.82, 2.24) is 0 Å². The lowest BCUT2D eigenvalue weighted by Crippen LogP contribution is -3.00. The van der Waals surface area contributed by atoms with Crippen molar-refractivity contribution in [3.63, 3.8) is 0 Å². The summed E-state index contributed by atoms with van der Waals surface area (Å²) < 4.78 is 21.2. The average Bonchev–Trinajstić information content (AvgIpc) is 2.08. The molecular formula is C5H11IS. The number of rotatable bonds is 0. The third-order valence-electron chi connectivity index (χ3n) is 1.03. The van der Waals surface area contributed by atoms with Gasteiger partial charge in [-0.15, -0.1) is 0 Å². The second kappa shape index (κ2) is 4.01. The van der Waals surface area contributed by atoms with Crippen LogP contribution >= 0.6 is 0 Å². The fourth-order valence-corrected chi connectivity index (χ4v) is 1.96. The van der Waals surface area contributed by atoms with Crippen LogP contribution in [0.4, 0.5) is 0 Å². The highest BCUT2D eigenvalue weighted by molar-refractivity contribution is 7.96. The van der Waals surface area contributed by atoms with Crippen LogP contribution in [-0.4, -0.2) is 17.7 Å². The van der Waals surface area contributed by atoms with Crippen LogP contribution < -0.4 is 24.0 Å². The molecule has 0 saturated carbocycles. The Kier molecular flexibility index (Phi) is 2.28. The minimum Gasteiger partial charge on any atom is -1.00 e. The topological polar surface area (TPSA) is 0 Å². The fourth-order valence-electron chi connectivity index (χ4n) is 0.655. The Morgan fingerprint density at radius 2 is 2.00 bits per heavy atom. The fraction of sp³-hybridized carbons (Fsp3) is 1.00. The highest BCUT2D eigenvalue weighted by Gasteiger charge is 2.16. The Morgan fingerprint density at radius 3 is 2.29 bits per heavy atom. The first kappa shape index (κ1) is 3.99. The average molecular weight is 233 g/mol. The van der Waals surface area contributed by atoms with Crippen LogP contribution in [0, 0.1) is 0 Å². The number of halogens is 1. The van der Waals surface area contributed by atoms with E-state index in [4.69, 9.17) is 4.11 Å². The molecular weight excluding hydrogens is 219 g/mol. The van der Waals surface area contributed by atoms with E-state index in [9.17, 15) is 0 Å². The highest BCUT2D eigenvalue weighted by Crippen LogP contribution is 2.08. The van der Waals surface area contributed by atoms with Gasteiger partial charge in [-0.25, -0.2) is 0 Å². The second-order valence-electron chi connectivity index (χ2n) is 1.61. The predicted molar refractivity (Wildman–Crippen MR) is 32.3 cm³/mol. The SMILES string of the molecule is [2H]C([2H])([2H])[S+]1CCCC1.[I-]. The first-order chi connectivity index (χ1) is 4.11. The lowest BCUT2D eigenvalue weighted by Gasteiger charge is -1.81. The highest BCUT2D eigenvalue weighted by atomic mass is 127. The lowest BCUT2D eigenvalue weighted by molar-refractivity contribution is -0.00000135. The van der Waals surface area contributed by atoms with Gasteiger partial charge in [0.05, 0.1) is 10.3 Å². The summed E-state index contributed by atoms with van der Waals surface area (Å²) in [4.78, 5) is 0. The van der Waals surface area contributed by atoms with Gasteiger partial charge in [-0.1, -0.05) is 0 Å². The Hall–Kier alpha value is 1.08. The molecule has 0 aromatic rings. The van der Waals surface area contributed by atoms with Crippen LogP contribution in [0.3, 0.4) is 0 Å². The molecule has 0 unspecified atom stereocenters. The first-order valence-electron chi connectivity index (χ1n) is 3.78. The van der Waals surface area contributed by atoms with E-state index in [1.54, 1.807) is 0 Å². The van der Waals surface area contributed by atoms with Gasteiger partial charge in [-0.05, 0) is 23.7 Å². The molecule has 1 heterocycles. The summed E-state index contributed by atoms with van der Waals surface area (Å²) >= 11 is 0. The molecule has 0 aromatic carbocycles. The molecule has 1 saturated heterocycles. The molecule has 0 N–H and O–H groups in total. The molecule has 1 aliphatic rings. The molecule has 0 bridgehead atoms. The largest absolute Gasteiger partial charge is 1.00 e. The van der Waals surface area contributed by atoms with E-state index in [2.05, 4.69) is 0 Å². The van der Waals surface area contributed by atoms with Gasteiger partial charge in [-0.2, -0.15) is 0 Å². The molecule has 7 heavy (non-hydrogen) atoms. The lowest BCUT2D eigenvalue weighted by atomic mass is 10.4. The van der Waals surface area contributed by atoms with Crippen molar-refractivity contribution in [2.45, 2.75) is 12.8 Å². The Labute approximate surface area is 69.6 Å². The molecule has 1 rings (SSSR count). The van der Waals surface area contributed by atoms with Crippen LogP contribution in [0.25, 0.3) is 0 Å². The van der Waals surface area contributed by atoms with E-state index in [0.717, 1.165) is 24.3 Å². The Balaban J connectivity index is 0.000000810. The van der Waals surface area contributed by atoms with Crippen LogP contribution in [0.2, 0.25) is 0 Å². The van der Waals surface area contributed by atoms with Crippen molar-refractivity contribution in [2.75, 3.05) is 17.7 Å². The van der Waals surface area contributed by atoms with Crippen molar-refractivity contribution in [2.24, 2.45) is 0 Å². The summed E-state index contributed by atoms with van der Waals surface area (Å²) in [6.07, 6.45) is 0.611. The zero-order chi connectivity index (χ0) is 6.91. The van der Waals surface area contributed by atoms with E-state index in [1.807, 2.05) is 0 Å². The molecule has 0 radical (unpaired) electrons. The van der Waals surface area contributed by atoms with Gasteiger partial charge < -0.3 is 24.0 Å². The number of hydrogen-bond donors (Lipinski definition) is 0. The standard InChI is InChI=1S/C5H11S.HI/c1-6-4-2-3-5-6;/h2-5H2,1H3;1H/q+1;/p-1/i1D3;. The maximum Gasteiger partial charge on any atom is 0.108 e. The van der Waals surface area contributed by atoms with Crippen LogP contribution in [-0.2, 0) is 10.9 Å². The molecule has 2 heteroatoms. The summed E-state index contributed by atoms with van der Waals surface area (Å²) in [6, 6.07) is 0. The maximum atomic E-state index is 7.07. The molecule has 0 nitrogen and oxygen atoms in total. The van der Waals surface area contributed by atoms with Crippen LogP contribution in [0.1, 0.15) is 17.0 Å². The van der Waals surface area contributed by atoms with Gasteiger partial charge in [0.15, 0.2) is 0 Å². The smallest absolute Gasteiger partial charge is 0.108 e. The van der Waals surface area contributed by atoms with Gasteiger partial charge in [0.1, 0.15) is 11.5 Å². The van der Waals surface area contributed by atoms with Gasteiger partial charge in [0.2, 0.25) is 0 Å². The molecule has 0 aliphatic carbocycles. The van der Waals surface area contributed by atoms with E-state index < -0.39 is 6.18 Å². The van der Waals surface area contributed by atoms with Gasteiger partial charge >= 0.3 is 0 Å². The van der Waals surface area contributed by atoms with Gasteiger partial charge in [0.25, 0.3) is 0 Å². The van der Waals surface area contributed by atoms with Crippen molar-refractivity contribution in [1.29, 1.82) is 0 Å². The predicted octanol–water partition coefficient (Wildman–Crippen LogP) is -1.97. The van der Waals surface area contributed by atoms with Gasteiger partial charge in [-0.3, -0.25) is 0 Å². The van der Waals surface area contributed by atoms with E-state index in [-0.39, 0.29) is 34.9 Å². The maximum absolute atomic E-state index is 7.07. The summed E-state index contributed by atoms with van der Waals surface area (Å²) in [5.74, 6) is 1.88. The second-order valence-corrected chi connectivity index (χ2v) is 3.41. The molecule has 0 atom stereocenters. The van der Waals surface area contributed by atoms with E-state index in [1.165, 1.54) is 0 Å². The van der Waals surface area contributed by atoms with Crippen molar-refractivity contribution in [3.05, 3.63) is 0 Å². The van der Waals surface area contributed by atoms with Crippen molar-refractivity contribution in [3.8, 4) is 0 Å². The normalized spacial score (nSPS) is 30.0. The first-order valence-corrected chi connectivity index (χ1v) is 3.84. The zero-order valence-electron chi connectivity index (χ0n) is 7.11. The Bertz CT molecular complexity index is 97.6. The van der Waals surface area contributed by atoms with Crippen molar-refractivity contribution >= 4 is 10.9 Å². The summed E-state index contributed by atoms with van der Waals surface area (Å²) in [5, 5.41) is 0. The molecule has 0 spiro atoms. The minimum atomic E-state index is -1.64.